The highest BCUT2D eigenvalue weighted by molar-refractivity contribution is 7.27. The van der Waals surface area contributed by atoms with Crippen molar-refractivity contribution in [3.05, 3.63) is 98.4 Å². The summed E-state index contributed by atoms with van der Waals surface area (Å²) >= 11 is 3.07. The van der Waals surface area contributed by atoms with Gasteiger partial charge in [0.2, 0.25) is 0 Å². The van der Waals surface area contributed by atoms with Crippen molar-refractivity contribution in [1.29, 1.82) is 10.5 Å². The number of carbonyl (C=O) groups excluding carboxylic acids is 1. The molecule has 0 N–H and O–H groups in total. The Morgan fingerprint density at radius 2 is 1.62 bits per heavy atom. The minimum absolute atomic E-state index is 0.0561. The first-order valence-corrected chi connectivity index (χ1v) is 11.4. The highest BCUT2D eigenvalue weighted by Gasteiger charge is 2.32. The number of benzene rings is 2. The highest BCUT2D eigenvalue weighted by Crippen LogP contribution is 2.41. The Hall–Kier alpha value is -4.10. The molecule has 5 rings (SSSR count). The van der Waals surface area contributed by atoms with Crippen LogP contribution in [0.3, 0.4) is 0 Å². The van der Waals surface area contributed by atoms with Gasteiger partial charge in [-0.3, -0.25) is 4.79 Å². The maximum absolute atomic E-state index is 13.0. The van der Waals surface area contributed by atoms with Crippen LogP contribution in [-0.2, 0) is 0 Å². The summed E-state index contributed by atoms with van der Waals surface area (Å²) in [6, 6.07) is 23.0. The summed E-state index contributed by atoms with van der Waals surface area (Å²) in [5.41, 5.74) is 2.99. The summed E-state index contributed by atoms with van der Waals surface area (Å²) in [7, 11) is 0. The molecule has 6 heteroatoms. The number of ketones is 1. The number of allylic oxidation sites excluding steroid dienone is 3. The molecule has 0 radical (unpaired) electrons. The van der Waals surface area contributed by atoms with Gasteiger partial charge in [0.15, 0.2) is 5.78 Å². The molecule has 2 aromatic carbocycles. The SMILES string of the molecule is N#CC(C#N)=C1/C(=C/c2cc3sc(/C=C/c4ccccc4)nc3s2)C(=O)c2ccccc21. The number of hydrogen-bond acceptors (Lipinski definition) is 6. The summed E-state index contributed by atoms with van der Waals surface area (Å²) in [6.45, 7) is 0. The van der Waals surface area contributed by atoms with E-state index in [1.807, 2.05) is 60.7 Å². The topological polar surface area (TPSA) is 77.5 Å². The number of Topliss-reactive ketones (excluding diaryl/α,β-unsaturated/α-hetero) is 1. The van der Waals surface area contributed by atoms with Crippen molar-refractivity contribution in [3.8, 4) is 12.1 Å². The predicted molar refractivity (Wildman–Crippen MR) is 130 cm³/mol. The third-order valence-corrected chi connectivity index (χ3v) is 7.13. The number of nitrogens with zero attached hydrogens (tertiary/aromatic N) is 3. The largest absolute Gasteiger partial charge is 0.289 e. The molecule has 32 heavy (non-hydrogen) atoms. The van der Waals surface area contributed by atoms with Crippen molar-refractivity contribution >= 4 is 61.8 Å². The Balaban J connectivity index is 1.52. The summed E-state index contributed by atoms with van der Waals surface area (Å²) in [4.78, 5) is 19.5. The van der Waals surface area contributed by atoms with E-state index in [1.54, 1.807) is 41.7 Å². The molecule has 0 bridgehead atoms. The number of aromatic nitrogens is 1. The zero-order valence-corrected chi connectivity index (χ0v) is 18.2. The van der Waals surface area contributed by atoms with Gasteiger partial charge in [-0.2, -0.15) is 10.5 Å². The van der Waals surface area contributed by atoms with Crippen LogP contribution in [-0.4, -0.2) is 10.8 Å². The van der Waals surface area contributed by atoms with Crippen LogP contribution >= 0.6 is 22.7 Å². The second-order valence-electron chi connectivity index (χ2n) is 7.02. The number of carbonyl (C=O) groups is 1. The fraction of sp³-hybridized carbons (Fsp3) is 0. The van der Waals surface area contributed by atoms with Crippen molar-refractivity contribution in [1.82, 2.24) is 4.98 Å². The number of thiazole rings is 1. The third-order valence-electron chi connectivity index (χ3n) is 5.06. The second kappa shape index (κ2) is 8.20. The Morgan fingerprint density at radius 3 is 2.34 bits per heavy atom. The van der Waals surface area contributed by atoms with Crippen molar-refractivity contribution in [2.45, 2.75) is 0 Å². The number of nitriles is 2. The Labute approximate surface area is 192 Å². The summed E-state index contributed by atoms with van der Waals surface area (Å²) in [5.74, 6) is -0.171. The van der Waals surface area contributed by atoms with Gasteiger partial charge in [-0.25, -0.2) is 4.98 Å². The quantitative estimate of drug-likeness (QED) is 0.261. The molecular weight excluding hydrogens is 434 g/mol. The van der Waals surface area contributed by atoms with E-state index in [0.717, 1.165) is 25.0 Å². The lowest BCUT2D eigenvalue weighted by atomic mass is 9.99. The molecule has 0 spiro atoms. The molecule has 0 amide bonds. The average Bonchev–Trinajstić information content (AvgIpc) is 3.46. The molecular formula is C26H13N3OS2. The second-order valence-corrected chi connectivity index (χ2v) is 9.15. The van der Waals surface area contributed by atoms with Gasteiger partial charge in [-0.15, -0.1) is 22.7 Å². The van der Waals surface area contributed by atoms with Gasteiger partial charge in [0.05, 0.1) is 4.70 Å². The highest BCUT2D eigenvalue weighted by atomic mass is 32.1. The molecule has 2 aromatic heterocycles. The molecule has 0 saturated carbocycles. The third kappa shape index (κ3) is 3.48. The summed E-state index contributed by atoms with van der Waals surface area (Å²) < 4.78 is 1.03. The van der Waals surface area contributed by atoms with Crippen LogP contribution in [0.15, 0.2) is 71.8 Å². The van der Waals surface area contributed by atoms with Crippen LogP contribution in [0, 0.1) is 22.7 Å². The summed E-state index contributed by atoms with van der Waals surface area (Å²) in [6.07, 6.45) is 5.79. The van der Waals surface area contributed by atoms with Crippen LogP contribution in [0.1, 0.15) is 31.4 Å². The number of hydrogen-bond donors (Lipinski definition) is 0. The molecule has 4 nitrogen and oxygen atoms in total. The Bertz CT molecular complexity index is 1510. The van der Waals surface area contributed by atoms with E-state index in [1.165, 1.54) is 11.3 Å². The van der Waals surface area contributed by atoms with Crippen LogP contribution in [0.2, 0.25) is 0 Å². The zero-order chi connectivity index (χ0) is 22.1. The van der Waals surface area contributed by atoms with Crippen molar-refractivity contribution < 1.29 is 4.79 Å². The van der Waals surface area contributed by atoms with Gasteiger partial charge < -0.3 is 0 Å². The van der Waals surface area contributed by atoms with E-state index in [4.69, 9.17) is 0 Å². The zero-order valence-electron chi connectivity index (χ0n) is 16.6. The van der Waals surface area contributed by atoms with Gasteiger partial charge in [-0.05, 0) is 29.3 Å². The summed E-state index contributed by atoms with van der Waals surface area (Å²) in [5, 5.41) is 19.8. The van der Waals surface area contributed by atoms with Gasteiger partial charge >= 0.3 is 0 Å². The number of thiophene rings is 1. The normalized spacial score (nSPS) is 14.1. The van der Waals surface area contributed by atoms with Crippen LogP contribution in [0.25, 0.3) is 33.3 Å². The smallest absolute Gasteiger partial charge is 0.194 e. The van der Waals surface area contributed by atoms with Crippen molar-refractivity contribution in [2.24, 2.45) is 0 Å². The fourth-order valence-corrected chi connectivity index (χ4v) is 5.71. The maximum Gasteiger partial charge on any atom is 0.194 e. The molecule has 1 aliphatic carbocycles. The van der Waals surface area contributed by atoms with E-state index in [9.17, 15) is 15.3 Å². The van der Waals surface area contributed by atoms with Crippen LogP contribution in [0.4, 0.5) is 0 Å². The minimum Gasteiger partial charge on any atom is -0.289 e. The molecule has 1 aliphatic rings. The number of fused-ring (bicyclic) bond motifs is 2. The molecule has 0 saturated heterocycles. The Morgan fingerprint density at radius 1 is 0.906 bits per heavy atom. The molecule has 0 aliphatic heterocycles. The van der Waals surface area contributed by atoms with E-state index < -0.39 is 0 Å². The van der Waals surface area contributed by atoms with Gasteiger partial charge in [0.25, 0.3) is 0 Å². The lowest BCUT2D eigenvalue weighted by Crippen LogP contribution is -1.95. The van der Waals surface area contributed by atoms with Crippen molar-refractivity contribution in [2.75, 3.05) is 0 Å². The maximum atomic E-state index is 13.0. The molecule has 0 unspecified atom stereocenters. The van der Waals surface area contributed by atoms with E-state index >= 15 is 0 Å². The van der Waals surface area contributed by atoms with E-state index in [0.29, 0.717) is 22.3 Å². The van der Waals surface area contributed by atoms with Crippen molar-refractivity contribution in [3.63, 3.8) is 0 Å². The monoisotopic (exact) mass is 447 g/mol. The first kappa shape index (κ1) is 19.8. The molecule has 4 aromatic rings. The standard InChI is InChI=1S/C26H13N3OS2/c27-14-17(15-28)24-19-8-4-5-9-20(19)25(30)21(24)12-18-13-22-26(31-18)29-23(32-22)11-10-16-6-2-1-3-7-16/h1-13H/b11-10+,21-12-. The van der Waals surface area contributed by atoms with Crippen LogP contribution in [0.5, 0.6) is 0 Å². The first-order chi connectivity index (χ1) is 15.7. The van der Waals surface area contributed by atoms with Gasteiger partial charge in [0, 0.05) is 21.6 Å². The average molecular weight is 448 g/mol. The first-order valence-electron chi connectivity index (χ1n) is 9.72. The molecule has 2 heterocycles. The number of rotatable bonds is 3. The lowest BCUT2D eigenvalue weighted by molar-refractivity contribution is 0.104. The lowest BCUT2D eigenvalue weighted by Gasteiger charge is -2.01. The fourth-order valence-electron chi connectivity index (χ4n) is 3.63. The van der Waals surface area contributed by atoms with Gasteiger partial charge in [0.1, 0.15) is 27.5 Å². The van der Waals surface area contributed by atoms with E-state index in [-0.39, 0.29) is 11.4 Å². The molecule has 0 atom stereocenters. The molecule has 0 fully saturated rings. The Kier molecular flexibility index (Phi) is 5.09. The molecule has 150 valence electrons. The van der Waals surface area contributed by atoms with E-state index in [2.05, 4.69) is 4.98 Å². The predicted octanol–water partition coefficient (Wildman–Crippen LogP) is 6.61. The minimum atomic E-state index is -0.171. The van der Waals surface area contributed by atoms with Crippen LogP contribution < -0.4 is 0 Å². The van der Waals surface area contributed by atoms with Gasteiger partial charge in [-0.1, -0.05) is 60.7 Å².